The van der Waals surface area contributed by atoms with Crippen LogP contribution >= 0.6 is 0 Å². The summed E-state index contributed by atoms with van der Waals surface area (Å²) in [5, 5.41) is 0. The zero-order chi connectivity index (χ0) is 12.2. The first-order chi connectivity index (χ1) is 8.79. The fourth-order valence-electron chi connectivity index (χ4n) is 5.50. The molecule has 18 heavy (non-hydrogen) atoms. The van der Waals surface area contributed by atoms with E-state index in [1.165, 1.54) is 44.9 Å². The molecule has 1 aromatic carbocycles. The smallest absolute Gasteiger partial charge is 0.0122 e. The highest BCUT2D eigenvalue weighted by Crippen LogP contribution is 2.61. The Kier molecular flexibility index (Phi) is 2.37. The second-order valence-corrected chi connectivity index (χ2v) is 7.14. The van der Waals surface area contributed by atoms with Gasteiger partial charge < -0.3 is 0 Å². The van der Waals surface area contributed by atoms with Gasteiger partial charge in [0, 0.05) is 0 Å². The fourth-order valence-corrected chi connectivity index (χ4v) is 5.50. The first kappa shape index (κ1) is 11.1. The zero-order valence-electron chi connectivity index (χ0n) is 11.5. The van der Waals surface area contributed by atoms with Crippen LogP contribution in [0.5, 0.6) is 0 Å². The molecular formula is C18H24. The van der Waals surface area contributed by atoms with Crippen molar-refractivity contribution in [3.63, 3.8) is 0 Å². The lowest BCUT2D eigenvalue weighted by molar-refractivity contribution is -0.00534. The largest absolute Gasteiger partial charge is 0.0620 e. The van der Waals surface area contributed by atoms with Crippen molar-refractivity contribution >= 4 is 0 Å². The maximum Gasteiger partial charge on any atom is -0.0122 e. The molecule has 3 aliphatic carbocycles. The van der Waals surface area contributed by atoms with Crippen LogP contribution in [0.2, 0.25) is 0 Å². The normalized spacial score (nSPS) is 41.9. The molecule has 3 aliphatic rings. The summed E-state index contributed by atoms with van der Waals surface area (Å²) in [5.41, 5.74) is 4.02. The second kappa shape index (κ2) is 3.85. The van der Waals surface area contributed by atoms with Gasteiger partial charge in [-0.25, -0.2) is 0 Å². The first-order valence-electron chi connectivity index (χ1n) is 7.87. The van der Waals surface area contributed by atoms with Crippen LogP contribution in [-0.4, -0.2) is 0 Å². The highest BCUT2D eigenvalue weighted by molar-refractivity contribution is 5.38. The fraction of sp³-hybridized carbons (Fsp3) is 0.667. The lowest BCUT2D eigenvalue weighted by Gasteiger charge is -2.52. The molecule has 0 N–H and O–H groups in total. The summed E-state index contributed by atoms with van der Waals surface area (Å²) in [6.07, 6.45) is 10.3. The summed E-state index contributed by atoms with van der Waals surface area (Å²) < 4.78 is 0. The number of fused-ring (bicyclic) bond motifs is 5. The van der Waals surface area contributed by atoms with Gasteiger partial charge in [-0.2, -0.15) is 0 Å². The van der Waals surface area contributed by atoms with E-state index in [1.807, 2.05) is 0 Å². The van der Waals surface area contributed by atoms with Crippen LogP contribution < -0.4 is 0 Å². The molecule has 0 bridgehead atoms. The zero-order valence-corrected chi connectivity index (χ0v) is 11.5. The average Bonchev–Trinajstić information content (AvgIpc) is 2.78. The predicted molar refractivity (Wildman–Crippen MR) is 75.7 cm³/mol. The van der Waals surface area contributed by atoms with E-state index in [0.717, 1.165) is 17.8 Å². The Morgan fingerprint density at radius 2 is 1.94 bits per heavy atom. The van der Waals surface area contributed by atoms with E-state index >= 15 is 0 Å². The van der Waals surface area contributed by atoms with E-state index in [9.17, 15) is 0 Å². The predicted octanol–water partition coefficient (Wildman–Crippen LogP) is 4.93. The molecule has 2 saturated carbocycles. The topological polar surface area (TPSA) is 0 Å². The lowest BCUT2D eigenvalue weighted by Crippen LogP contribution is -2.43. The molecule has 0 radical (unpaired) electrons. The molecule has 0 unspecified atom stereocenters. The monoisotopic (exact) mass is 240 g/mol. The van der Waals surface area contributed by atoms with Gasteiger partial charge in [-0.1, -0.05) is 44.0 Å². The standard InChI is InChI=1S/C18H24/c1-18-11-5-4-7-14(18)9-10-16-15-8-3-2-6-13(15)12-17(16)18/h2-3,6,8,14,16-17H,4-5,7,9-12H2,1H3/t14-,16+,17+,18-/m1/s1. The minimum atomic E-state index is 0.653. The van der Waals surface area contributed by atoms with Crippen molar-refractivity contribution in [2.45, 2.75) is 57.8 Å². The van der Waals surface area contributed by atoms with Crippen molar-refractivity contribution in [2.24, 2.45) is 17.3 Å². The van der Waals surface area contributed by atoms with Crippen molar-refractivity contribution < 1.29 is 0 Å². The number of rotatable bonds is 0. The van der Waals surface area contributed by atoms with Crippen molar-refractivity contribution in [1.29, 1.82) is 0 Å². The molecule has 0 amide bonds. The van der Waals surface area contributed by atoms with Crippen LogP contribution in [0.15, 0.2) is 24.3 Å². The Labute approximate surface area is 111 Å². The quantitative estimate of drug-likeness (QED) is 0.603. The molecule has 0 aliphatic heterocycles. The Balaban J connectivity index is 1.74. The van der Waals surface area contributed by atoms with E-state index in [4.69, 9.17) is 0 Å². The van der Waals surface area contributed by atoms with Crippen LogP contribution in [0.3, 0.4) is 0 Å². The van der Waals surface area contributed by atoms with Gasteiger partial charge in [-0.05, 0) is 66.4 Å². The van der Waals surface area contributed by atoms with Crippen LogP contribution in [0.1, 0.15) is 62.5 Å². The van der Waals surface area contributed by atoms with E-state index < -0.39 is 0 Å². The molecule has 0 nitrogen and oxygen atoms in total. The SMILES string of the molecule is C[C@@]12CCCC[C@@H]1CC[C@H]1c3ccccc3C[C@@H]12. The van der Waals surface area contributed by atoms with Crippen LogP contribution in [0.25, 0.3) is 0 Å². The van der Waals surface area contributed by atoms with Gasteiger partial charge in [-0.15, -0.1) is 0 Å². The summed E-state index contributed by atoms with van der Waals surface area (Å²) in [7, 11) is 0. The van der Waals surface area contributed by atoms with E-state index in [1.54, 1.807) is 11.1 Å². The molecule has 0 heteroatoms. The van der Waals surface area contributed by atoms with Gasteiger partial charge in [0.2, 0.25) is 0 Å². The van der Waals surface area contributed by atoms with Crippen molar-refractivity contribution in [1.82, 2.24) is 0 Å². The van der Waals surface area contributed by atoms with Crippen LogP contribution in [-0.2, 0) is 6.42 Å². The Bertz CT molecular complexity index is 461. The highest BCUT2D eigenvalue weighted by Gasteiger charge is 2.51. The summed E-state index contributed by atoms with van der Waals surface area (Å²) in [5.74, 6) is 2.87. The molecule has 0 aromatic heterocycles. The van der Waals surface area contributed by atoms with Crippen LogP contribution in [0.4, 0.5) is 0 Å². The minimum absolute atomic E-state index is 0.653. The third kappa shape index (κ3) is 1.38. The third-order valence-corrected chi connectivity index (χ3v) is 6.50. The highest BCUT2D eigenvalue weighted by atomic mass is 14.6. The van der Waals surface area contributed by atoms with Gasteiger partial charge in [0.15, 0.2) is 0 Å². The number of hydrogen-bond acceptors (Lipinski definition) is 0. The molecule has 2 fully saturated rings. The summed E-state index contributed by atoms with van der Waals surface area (Å²) in [6, 6.07) is 9.27. The average molecular weight is 240 g/mol. The van der Waals surface area contributed by atoms with E-state index in [-0.39, 0.29) is 0 Å². The Morgan fingerprint density at radius 1 is 1.06 bits per heavy atom. The van der Waals surface area contributed by atoms with Crippen LogP contribution in [0, 0.1) is 17.3 Å². The maximum absolute atomic E-state index is 2.62. The molecular weight excluding hydrogens is 216 g/mol. The molecule has 96 valence electrons. The third-order valence-electron chi connectivity index (χ3n) is 6.50. The van der Waals surface area contributed by atoms with Crippen molar-refractivity contribution in [2.75, 3.05) is 0 Å². The molecule has 1 aromatic rings. The van der Waals surface area contributed by atoms with Gasteiger partial charge >= 0.3 is 0 Å². The van der Waals surface area contributed by atoms with Gasteiger partial charge in [0.25, 0.3) is 0 Å². The molecule has 4 atom stereocenters. The lowest BCUT2D eigenvalue weighted by atomic mass is 9.53. The number of benzene rings is 1. The van der Waals surface area contributed by atoms with Gasteiger partial charge in [0.1, 0.15) is 0 Å². The van der Waals surface area contributed by atoms with Crippen molar-refractivity contribution in [3.8, 4) is 0 Å². The summed E-state index contributed by atoms with van der Waals surface area (Å²) in [4.78, 5) is 0. The Hall–Kier alpha value is -0.780. The number of hydrogen-bond donors (Lipinski definition) is 0. The summed E-state index contributed by atoms with van der Waals surface area (Å²) >= 11 is 0. The molecule has 0 heterocycles. The second-order valence-electron chi connectivity index (χ2n) is 7.14. The molecule has 0 saturated heterocycles. The van der Waals surface area contributed by atoms with Gasteiger partial charge in [-0.3, -0.25) is 0 Å². The van der Waals surface area contributed by atoms with Crippen molar-refractivity contribution in [3.05, 3.63) is 35.4 Å². The molecule has 4 rings (SSSR count). The summed E-state index contributed by atoms with van der Waals surface area (Å²) in [6.45, 7) is 2.62. The van der Waals surface area contributed by atoms with E-state index in [0.29, 0.717) is 5.41 Å². The maximum atomic E-state index is 2.62. The van der Waals surface area contributed by atoms with Gasteiger partial charge in [0.05, 0.1) is 0 Å². The first-order valence-corrected chi connectivity index (χ1v) is 7.87. The minimum Gasteiger partial charge on any atom is -0.0620 e. The molecule has 0 spiro atoms. The Morgan fingerprint density at radius 3 is 2.89 bits per heavy atom. The van der Waals surface area contributed by atoms with E-state index in [2.05, 4.69) is 31.2 Å².